The number of ether oxygens (including phenoxy) is 4. The average molecular weight is 1260 g/mol. The fourth-order valence-electron chi connectivity index (χ4n) is 9.88. The second kappa shape index (κ2) is 58.4. The minimum Gasteiger partial charge on any atom is -0.462 e. The van der Waals surface area contributed by atoms with Gasteiger partial charge >= 0.3 is 39.5 Å². The quantitative estimate of drug-likeness (QED) is 0.0222. The lowest BCUT2D eigenvalue weighted by Gasteiger charge is -2.21. The van der Waals surface area contributed by atoms with E-state index < -0.39 is 97.5 Å². The van der Waals surface area contributed by atoms with Gasteiger partial charge in [0.05, 0.1) is 26.4 Å². The number of unbranched alkanes of at least 4 members (excludes halogenated alkanes) is 35. The molecule has 17 nitrogen and oxygen atoms in total. The zero-order valence-electron chi connectivity index (χ0n) is 54.9. The van der Waals surface area contributed by atoms with Crippen molar-refractivity contribution in [1.82, 2.24) is 0 Å². The van der Waals surface area contributed by atoms with E-state index in [0.717, 1.165) is 103 Å². The average Bonchev–Trinajstić information content (AvgIpc) is 3.58. The summed E-state index contributed by atoms with van der Waals surface area (Å²) in [6.07, 6.45) is 42.0. The van der Waals surface area contributed by atoms with E-state index in [2.05, 4.69) is 41.5 Å². The number of aliphatic hydroxyl groups is 1. The Bertz CT molecular complexity index is 1670. The number of hydrogen-bond donors (Lipinski definition) is 3. The molecule has 3 N–H and O–H groups in total. The fourth-order valence-corrected chi connectivity index (χ4v) is 11.5. The summed E-state index contributed by atoms with van der Waals surface area (Å²) in [7, 11) is -9.89. The van der Waals surface area contributed by atoms with Crippen LogP contribution < -0.4 is 0 Å². The monoisotopic (exact) mass is 1250 g/mol. The lowest BCUT2D eigenvalue weighted by atomic mass is 10.0. The second-order valence-corrected chi connectivity index (χ2v) is 27.7. The van der Waals surface area contributed by atoms with Gasteiger partial charge in [0.1, 0.15) is 19.3 Å². The van der Waals surface area contributed by atoms with Gasteiger partial charge in [-0.1, -0.05) is 279 Å². The van der Waals surface area contributed by atoms with Crippen LogP contribution in [-0.4, -0.2) is 96.7 Å². The largest absolute Gasteiger partial charge is 0.472 e. The van der Waals surface area contributed by atoms with Gasteiger partial charge in [-0.3, -0.25) is 37.3 Å². The molecule has 0 heterocycles. The molecule has 0 aliphatic heterocycles. The summed E-state index contributed by atoms with van der Waals surface area (Å²) in [5.41, 5.74) is 0. The topological polar surface area (TPSA) is 237 Å². The molecule has 0 aromatic rings. The maximum absolute atomic E-state index is 13.0. The number of rotatable bonds is 65. The maximum Gasteiger partial charge on any atom is 0.472 e. The van der Waals surface area contributed by atoms with Gasteiger partial charge in [0, 0.05) is 25.7 Å². The first kappa shape index (κ1) is 83.1. The normalized spacial score (nSPS) is 14.2. The third-order valence-corrected chi connectivity index (χ3v) is 17.1. The Morgan fingerprint density at radius 2 is 0.541 bits per heavy atom. The van der Waals surface area contributed by atoms with E-state index in [4.69, 9.17) is 37.0 Å². The molecule has 0 aromatic heterocycles. The molecule has 0 saturated carbocycles. The highest BCUT2D eigenvalue weighted by Gasteiger charge is 2.30. The van der Waals surface area contributed by atoms with Gasteiger partial charge in [-0.05, 0) is 37.5 Å². The fraction of sp³-hybridized carbons (Fsp3) is 0.939. The Kier molecular flexibility index (Phi) is 57.1. The van der Waals surface area contributed by atoms with Crippen molar-refractivity contribution < 1.29 is 80.2 Å². The number of carbonyl (C=O) groups excluding carboxylic acids is 4. The van der Waals surface area contributed by atoms with Crippen molar-refractivity contribution in [2.24, 2.45) is 11.8 Å². The van der Waals surface area contributed by atoms with Crippen molar-refractivity contribution in [1.29, 1.82) is 0 Å². The molecule has 504 valence electrons. The van der Waals surface area contributed by atoms with E-state index in [9.17, 15) is 43.2 Å². The van der Waals surface area contributed by atoms with Crippen molar-refractivity contribution >= 4 is 39.5 Å². The lowest BCUT2D eigenvalue weighted by molar-refractivity contribution is -0.161. The van der Waals surface area contributed by atoms with Crippen LogP contribution in [0.2, 0.25) is 0 Å². The van der Waals surface area contributed by atoms with E-state index in [1.54, 1.807) is 0 Å². The van der Waals surface area contributed by atoms with Crippen molar-refractivity contribution in [3.05, 3.63) is 0 Å². The lowest BCUT2D eigenvalue weighted by Crippen LogP contribution is -2.30. The minimum absolute atomic E-state index is 0.103. The summed E-state index contributed by atoms with van der Waals surface area (Å²) in [5, 5.41) is 10.5. The SMILES string of the molecule is CCCCCCCCCCCCCCCCCCCC(=O)O[C@H](COC(=O)CCCCCCCCCC(C)C)COP(=O)(O)OC[C@@H](O)COP(=O)(O)OC[C@@H](COC(=O)CCCCCCCCCC)OC(=O)CCCCCCCCCC(C)C. The zero-order chi connectivity index (χ0) is 62.9. The Balaban J connectivity index is 5.19. The number of esters is 4. The first-order chi connectivity index (χ1) is 40.9. The summed E-state index contributed by atoms with van der Waals surface area (Å²) in [4.78, 5) is 72.2. The van der Waals surface area contributed by atoms with Gasteiger partial charge in [0.15, 0.2) is 12.2 Å². The molecule has 0 saturated heterocycles. The number of hydrogen-bond acceptors (Lipinski definition) is 15. The predicted molar refractivity (Wildman–Crippen MR) is 340 cm³/mol. The molecule has 0 amide bonds. The van der Waals surface area contributed by atoms with Gasteiger partial charge < -0.3 is 33.8 Å². The Hall–Kier alpha value is -1.94. The highest BCUT2D eigenvalue weighted by molar-refractivity contribution is 7.47. The molecule has 85 heavy (non-hydrogen) atoms. The van der Waals surface area contributed by atoms with Crippen LogP contribution in [0.15, 0.2) is 0 Å². The minimum atomic E-state index is -4.95. The molecule has 5 atom stereocenters. The van der Waals surface area contributed by atoms with Crippen LogP contribution in [0.5, 0.6) is 0 Å². The van der Waals surface area contributed by atoms with Gasteiger partial charge in [-0.25, -0.2) is 9.13 Å². The number of aliphatic hydroxyl groups excluding tert-OH is 1. The molecule has 0 rings (SSSR count). The van der Waals surface area contributed by atoms with Crippen LogP contribution in [0.25, 0.3) is 0 Å². The van der Waals surface area contributed by atoms with Crippen molar-refractivity contribution in [2.45, 2.75) is 349 Å². The van der Waals surface area contributed by atoms with Crippen molar-refractivity contribution in [3.63, 3.8) is 0 Å². The van der Waals surface area contributed by atoms with E-state index in [1.165, 1.54) is 135 Å². The molecule has 0 aromatic carbocycles. The summed E-state index contributed by atoms with van der Waals surface area (Å²) < 4.78 is 68.0. The summed E-state index contributed by atoms with van der Waals surface area (Å²) in [5.74, 6) is -0.735. The van der Waals surface area contributed by atoms with E-state index >= 15 is 0 Å². The van der Waals surface area contributed by atoms with Gasteiger partial charge in [-0.2, -0.15) is 0 Å². The standard InChI is InChI=1S/C66H128O17P2/c1-7-9-11-13-15-17-18-19-20-21-22-23-24-25-31-38-44-50-65(70)82-61(55-77-64(69)49-43-37-32-26-28-34-40-46-58(3)4)56-80-84(72,73)78-52-60(67)53-79-85(74,75)81-57-62(54-76-63(68)48-42-36-30-16-14-12-10-8-2)83-66(71)51-45-39-33-27-29-35-41-47-59(5)6/h58-62,67H,7-57H2,1-6H3,(H,72,73)(H,74,75)/t60-,61-,62-/m1/s1. The highest BCUT2D eigenvalue weighted by atomic mass is 31.2. The molecule has 2 unspecified atom stereocenters. The summed E-state index contributed by atoms with van der Waals surface area (Å²) in [6, 6.07) is 0. The molecule has 0 spiro atoms. The molecular weight excluding hydrogens is 1130 g/mol. The molecular formula is C66H128O17P2. The number of carbonyl (C=O) groups is 4. The molecule has 0 radical (unpaired) electrons. The van der Waals surface area contributed by atoms with Crippen LogP contribution in [0.1, 0.15) is 330 Å². The molecule has 0 aliphatic carbocycles. The van der Waals surface area contributed by atoms with Crippen LogP contribution >= 0.6 is 15.6 Å². The molecule has 0 fully saturated rings. The number of phosphoric acid groups is 2. The third-order valence-electron chi connectivity index (χ3n) is 15.2. The predicted octanol–water partition coefficient (Wildman–Crippen LogP) is 18.4. The Labute approximate surface area is 517 Å². The number of phosphoric ester groups is 2. The first-order valence-electron chi connectivity index (χ1n) is 34.5. The Morgan fingerprint density at radius 1 is 0.318 bits per heavy atom. The van der Waals surface area contributed by atoms with Crippen molar-refractivity contribution in [3.8, 4) is 0 Å². The van der Waals surface area contributed by atoms with E-state index in [1.807, 2.05) is 0 Å². The van der Waals surface area contributed by atoms with Crippen LogP contribution in [0.3, 0.4) is 0 Å². The van der Waals surface area contributed by atoms with E-state index in [0.29, 0.717) is 37.5 Å². The van der Waals surface area contributed by atoms with Crippen LogP contribution in [-0.2, 0) is 65.4 Å². The molecule has 19 heteroatoms. The van der Waals surface area contributed by atoms with Crippen LogP contribution in [0.4, 0.5) is 0 Å². The van der Waals surface area contributed by atoms with Gasteiger partial charge in [0.2, 0.25) is 0 Å². The second-order valence-electron chi connectivity index (χ2n) is 24.8. The smallest absolute Gasteiger partial charge is 0.462 e. The molecule has 0 bridgehead atoms. The Morgan fingerprint density at radius 3 is 0.800 bits per heavy atom. The van der Waals surface area contributed by atoms with Crippen LogP contribution in [0, 0.1) is 11.8 Å². The maximum atomic E-state index is 13.0. The summed E-state index contributed by atoms with van der Waals surface area (Å²) in [6.45, 7) is 9.37. The summed E-state index contributed by atoms with van der Waals surface area (Å²) >= 11 is 0. The molecule has 0 aliphatic rings. The highest BCUT2D eigenvalue weighted by Crippen LogP contribution is 2.45. The third kappa shape index (κ3) is 60.7. The first-order valence-corrected chi connectivity index (χ1v) is 37.5. The van der Waals surface area contributed by atoms with Crippen molar-refractivity contribution in [2.75, 3.05) is 39.6 Å². The van der Waals surface area contributed by atoms with E-state index in [-0.39, 0.29) is 25.7 Å². The van der Waals surface area contributed by atoms with Gasteiger partial charge in [0.25, 0.3) is 0 Å². The van der Waals surface area contributed by atoms with Gasteiger partial charge in [-0.15, -0.1) is 0 Å². The zero-order valence-corrected chi connectivity index (χ0v) is 56.7.